The Hall–Kier alpha value is -0.130. The average molecular weight is 265 g/mol. The molecule has 1 aromatic rings. The smallest absolute Gasteiger partial charge is 0.225 e. The van der Waals surface area contributed by atoms with Crippen LogP contribution in [0.3, 0.4) is 0 Å². The van der Waals surface area contributed by atoms with Crippen molar-refractivity contribution in [2.24, 2.45) is 5.14 Å². The second-order valence-electron chi connectivity index (χ2n) is 1.86. The van der Waals surface area contributed by atoms with Gasteiger partial charge in [-0.25, -0.2) is 13.6 Å². The van der Waals surface area contributed by atoms with Gasteiger partial charge in [0.15, 0.2) is 0 Å². The fourth-order valence-corrected chi connectivity index (χ4v) is 1.15. The summed E-state index contributed by atoms with van der Waals surface area (Å²) < 4.78 is 21.2. The Kier molecular flexibility index (Phi) is 3.99. The molecule has 0 heterocycles. The molecule has 0 fully saturated rings. The van der Waals surface area contributed by atoms with E-state index in [-0.39, 0.29) is 27.3 Å². The summed E-state index contributed by atoms with van der Waals surface area (Å²) in [6.45, 7) is 0. The molecule has 11 heavy (non-hydrogen) atoms. The molecule has 0 unspecified atom stereocenters. The van der Waals surface area contributed by atoms with Gasteiger partial charge in [0.25, 0.3) is 0 Å². The van der Waals surface area contributed by atoms with Gasteiger partial charge >= 0.3 is 0 Å². The summed E-state index contributed by atoms with van der Waals surface area (Å²) in [5.41, 5.74) is 0. The molecular weight excluding hydrogens is 258 g/mol. The third-order valence-electron chi connectivity index (χ3n) is 1.07. The van der Waals surface area contributed by atoms with Gasteiger partial charge < -0.3 is 0 Å². The molecule has 0 aromatic heterocycles. The van der Waals surface area contributed by atoms with E-state index in [1.54, 1.807) is 18.2 Å². The zero-order valence-corrected chi connectivity index (χ0v) is 7.79. The van der Waals surface area contributed by atoms with Crippen LogP contribution in [-0.2, 0) is 32.4 Å². The van der Waals surface area contributed by atoms with Crippen LogP contribution in [0.4, 0.5) is 0 Å². The van der Waals surface area contributed by atoms with Gasteiger partial charge in [0.2, 0.25) is 10.0 Å². The molecule has 65 valence electrons. The van der Waals surface area contributed by atoms with Crippen molar-refractivity contribution in [3.8, 4) is 0 Å². The van der Waals surface area contributed by atoms with Crippen LogP contribution in [0.2, 0.25) is 0 Å². The minimum absolute atomic E-state index is 0. The molecule has 3 nitrogen and oxygen atoms in total. The Labute approximate surface area is 81.2 Å². The first-order chi connectivity index (χ1) is 4.61. The first-order valence-corrected chi connectivity index (χ1v) is 4.23. The molecule has 2 N–H and O–H groups in total. The molecule has 5 heteroatoms. The SMILES string of the molecule is NS(=O)(=O)c1ccccc1.[Ag]. The summed E-state index contributed by atoms with van der Waals surface area (Å²) in [6.07, 6.45) is 0. The third-order valence-corrected chi connectivity index (χ3v) is 2.00. The van der Waals surface area contributed by atoms with E-state index in [0.29, 0.717) is 0 Å². The number of benzene rings is 1. The number of primary sulfonamides is 1. The van der Waals surface area contributed by atoms with Crippen molar-refractivity contribution >= 4 is 10.0 Å². The van der Waals surface area contributed by atoms with Gasteiger partial charge in [-0.15, -0.1) is 0 Å². The minimum atomic E-state index is -3.50. The number of sulfonamides is 1. The van der Waals surface area contributed by atoms with Gasteiger partial charge in [-0.05, 0) is 12.1 Å². The fourth-order valence-electron chi connectivity index (χ4n) is 0.610. The van der Waals surface area contributed by atoms with Gasteiger partial charge in [-0.1, -0.05) is 18.2 Å². The molecule has 1 rings (SSSR count). The third kappa shape index (κ3) is 3.18. The van der Waals surface area contributed by atoms with Crippen molar-refractivity contribution in [2.75, 3.05) is 0 Å². The molecule has 0 aliphatic heterocycles. The zero-order valence-electron chi connectivity index (χ0n) is 5.49. The zero-order chi connectivity index (χ0) is 7.61. The van der Waals surface area contributed by atoms with Crippen molar-refractivity contribution in [2.45, 2.75) is 4.90 Å². The predicted molar refractivity (Wildman–Crippen MR) is 37.8 cm³/mol. The molecule has 1 radical (unpaired) electrons. The van der Waals surface area contributed by atoms with Crippen LogP contribution in [0.25, 0.3) is 0 Å². The van der Waals surface area contributed by atoms with Crippen molar-refractivity contribution < 1.29 is 30.8 Å². The van der Waals surface area contributed by atoms with Crippen LogP contribution in [0.15, 0.2) is 35.2 Å². The molecule has 0 atom stereocenters. The number of nitrogens with two attached hydrogens (primary N) is 1. The molecular formula is C6H7AgNO2S. The summed E-state index contributed by atoms with van der Waals surface area (Å²) >= 11 is 0. The van der Waals surface area contributed by atoms with Crippen molar-refractivity contribution in [1.82, 2.24) is 0 Å². The first-order valence-electron chi connectivity index (χ1n) is 2.68. The van der Waals surface area contributed by atoms with E-state index in [4.69, 9.17) is 5.14 Å². The van der Waals surface area contributed by atoms with Gasteiger partial charge in [-0.2, -0.15) is 0 Å². The van der Waals surface area contributed by atoms with E-state index in [1.165, 1.54) is 12.1 Å². The van der Waals surface area contributed by atoms with Crippen molar-refractivity contribution in [1.29, 1.82) is 0 Å². The van der Waals surface area contributed by atoms with Crippen LogP contribution < -0.4 is 5.14 Å². The van der Waals surface area contributed by atoms with E-state index in [0.717, 1.165) is 0 Å². The van der Waals surface area contributed by atoms with Gasteiger partial charge in [0.05, 0.1) is 4.90 Å². The largest absolute Gasteiger partial charge is 0.238 e. The standard InChI is InChI=1S/C6H7NO2S.Ag/c7-10(8,9)6-4-2-1-3-5-6;/h1-5H,(H2,7,8,9);. The topological polar surface area (TPSA) is 60.2 Å². The summed E-state index contributed by atoms with van der Waals surface area (Å²) in [5, 5.41) is 4.83. The Morgan fingerprint density at radius 1 is 1.09 bits per heavy atom. The van der Waals surface area contributed by atoms with Gasteiger partial charge in [0, 0.05) is 22.4 Å². The van der Waals surface area contributed by atoms with Crippen molar-refractivity contribution in [3.05, 3.63) is 30.3 Å². The molecule has 0 spiro atoms. The van der Waals surface area contributed by atoms with Crippen LogP contribution in [0.1, 0.15) is 0 Å². The van der Waals surface area contributed by atoms with Gasteiger partial charge in [0.1, 0.15) is 0 Å². The van der Waals surface area contributed by atoms with E-state index < -0.39 is 10.0 Å². The summed E-state index contributed by atoms with van der Waals surface area (Å²) in [5.74, 6) is 0. The van der Waals surface area contributed by atoms with Crippen LogP contribution in [0.5, 0.6) is 0 Å². The summed E-state index contributed by atoms with van der Waals surface area (Å²) in [7, 11) is -3.50. The summed E-state index contributed by atoms with van der Waals surface area (Å²) in [6, 6.07) is 7.89. The Balaban J connectivity index is 0.000001000. The maximum absolute atomic E-state index is 10.6. The normalized spacial score (nSPS) is 10.3. The van der Waals surface area contributed by atoms with E-state index in [9.17, 15) is 8.42 Å². The quantitative estimate of drug-likeness (QED) is 0.744. The molecule has 0 bridgehead atoms. The first kappa shape index (κ1) is 10.9. The molecule has 0 saturated heterocycles. The number of hydrogen-bond acceptors (Lipinski definition) is 2. The Morgan fingerprint density at radius 2 is 1.55 bits per heavy atom. The minimum Gasteiger partial charge on any atom is -0.225 e. The second kappa shape index (κ2) is 4.04. The summed E-state index contributed by atoms with van der Waals surface area (Å²) in [4.78, 5) is 0.148. The maximum atomic E-state index is 10.6. The van der Waals surface area contributed by atoms with Crippen LogP contribution >= 0.6 is 0 Å². The fraction of sp³-hybridized carbons (Fsp3) is 0. The monoisotopic (exact) mass is 264 g/mol. The molecule has 1 aromatic carbocycles. The van der Waals surface area contributed by atoms with Crippen LogP contribution in [0, 0.1) is 0 Å². The molecule has 0 aliphatic rings. The van der Waals surface area contributed by atoms with E-state index in [2.05, 4.69) is 0 Å². The van der Waals surface area contributed by atoms with E-state index in [1.807, 2.05) is 0 Å². The van der Waals surface area contributed by atoms with E-state index >= 15 is 0 Å². The molecule has 0 saturated carbocycles. The Bertz CT molecular complexity index is 309. The van der Waals surface area contributed by atoms with Crippen LogP contribution in [-0.4, -0.2) is 8.42 Å². The van der Waals surface area contributed by atoms with Gasteiger partial charge in [-0.3, -0.25) is 0 Å². The predicted octanol–water partition coefficient (Wildman–Crippen LogP) is 0.332. The molecule has 0 aliphatic carbocycles. The second-order valence-corrected chi connectivity index (χ2v) is 3.42. The van der Waals surface area contributed by atoms with Crippen molar-refractivity contribution in [3.63, 3.8) is 0 Å². The number of rotatable bonds is 1. The maximum Gasteiger partial charge on any atom is 0.238 e. The average Bonchev–Trinajstić information content (AvgIpc) is 1.88. The Morgan fingerprint density at radius 3 is 1.82 bits per heavy atom. The number of hydrogen-bond donors (Lipinski definition) is 1. The molecule has 0 amide bonds.